The molecule has 1 rings (SSSR count). The van der Waals surface area contributed by atoms with Crippen molar-refractivity contribution in [2.24, 2.45) is 5.92 Å². The molecular weight excluding hydrogens is 222 g/mol. The molecule has 0 fully saturated rings. The average Bonchev–Trinajstić information content (AvgIpc) is 2.22. The van der Waals surface area contributed by atoms with Crippen molar-refractivity contribution >= 4 is 11.6 Å². The largest absolute Gasteiger partial charge is 0.508 e. The van der Waals surface area contributed by atoms with Gasteiger partial charge in [0.15, 0.2) is 0 Å². The van der Waals surface area contributed by atoms with E-state index in [1.54, 1.807) is 18.2 Å². The topological polar surface area (TPSA) is 32.3 Å². The lowest BCUT2D eigenvalue weighted by molar-refractivity contribution is 0.462. The summed E-state index contributed by atoms with van der Waals surface area (Å²) >= 11 is 5.86. The molecule has 0 spiro atoms. The third-order valence-electron chi connectivity index (χ3n) is 2.49. The molecule has 0 unspecified atom stereocenters. The Morgan fingerprint density at radius 3 is 2.81 bits per heavy atom. The minimum atomic E-state index is 0.306. The van der Waals surface area contributed by atoms with Gasteiger partial charge in [0.1, 0.15) is 5.75 Å². The molecule has 0 radical (unpaired) electrons. The molecule has 0 atom stereocenters. The van der Waals surface area contributed by atoms with Gasteiger partial charge in [-0.3, -0.25) is 0 Å². The fourth-order valence-electron chi connectivity index (χ4n) is 1.55. The van der Waals surface area contributed by atoms with Crippen LogP contribution in [0.2, 0.25) is 5.02 Å². The smallest absolute Gasteiger partial charge is 0.120 e. The molecule has 2 N–H and O–H groups in total. The van der Waals surface area contributed by atoms with Crippen molar-refractivity contribution in [1.29, 1.82) is 0 Å². The van der Waals surface area contributed by atoms with Crippen molar-refractivity contribution < 1.29 is 5.11 Å². The lowest BCUT2D eigenvalue weighted by atomic mass is 10.1. The van der Waals surface area contributed by atoms with E-state index < -0.39 is 0 Å². The molecule has 2 nitrogen and oxygen atoms in total. The number of rotatable bonds is 6. The average molecular weight is 242 g/mol. The first kappa shape index (κ1) is 13.3. The number of aromatic hydroxyl groups is 1. The van der Waals surface area contributed by atoms with E-state index in [0.29, 0.717) is 17.3 Å². The highest BCUT2D eigenvalue weighted by atomic mass is 35.5. The minimum Gasteiger partial charge on any atom is -0.508 e. The van der Waals surface area contributed by atoms with Gasteiger partial charge in [-0.05, 0) is 43.5 Å². The molecule has 0 aliphatic rings. The minimum absolute atomic E-state index is 0.306. The summed E-state index contributed by atoms with van der Waals surface area (Å²) in [5.41, 5.74) is 0.858. The van der Waals surface area contributed by atoms with Crippen LogP contribution in [0.15, 0.2) is 18.2 Å². The molecule has 0 aliphatic heterocycles. The normalized spacial score (nSPS) is 11.0. The number of hydrogen-bond acceptors (Lipinski definition) is 2. The van der Waals surface area contributed by atoms with Gasteiger partial charge in [-0.1, -0.05) is 25.4 Å². The summed E-state index contributed by atoms with van der Waals surface area (Å²) < 4.78 is 0. The van der Waals surface area contributed by atoms with Crippen LogP contribution in [0.5, 0.6) is 5.75 Å². The van der Waals surface area contributed by atoms with E-state index in [1.807, 2.05) is 0 Å². The number of nitrogens with one attached hydrogen (secondary N) is 1. The molecule has 16 heavy (non-hydrogen) atoms. The highest BCUT2D eigenvalue weighted by Crippen LogP contribution is 2.21. The monoisotopic (exact) mass is 241 g/mol. The van der Waals surface area contributed by atoms with Crippen LogP contribution in [0.3, 0.4) is 0 Å². The number of hydrogen-bond donors (Lipinski definition) is 2. The fraction of sp³-hybridized carbons (Fsp3) is 0.538. The highest BCUT2D eigenvalue weighted by Gasteiger charge is 2.01. The number of halogens is 1. The second-order valence-corrected chi connectivity index (χ2v) is 4.92. The van der Waals surface area contributed by atoms with Gasteiger partial charge < -0.3 is 10.4 Å². The van der Waals surface area contributed by atoms with Gasteiger partial charge >= 0.3 is 0 Å². The molecule has 0 bridgehead atoms. The first-order valence-electron chi connectivity index (χ1n) is 5.77. The first-order valence-corrected chi connectivity index (χ1v) is 6.15. The van der Waals surface area contributed by atoms with Gasteiger partial charge in [0.2, 0.25) is 0 Å². The Kier molecular flexibility index (Phi) is 5.64. The summed E-state index contributed by atoms with van der Waals surface area (Å²) in [5.74, 6) is 1.06. The lowest BCUT2D eigenvalue weighted by Crippen LogP contribution is -2.15. The van der Waals surface area contributed by atoms with E-state index in [9.17, 15) is 5.11 Å². The molecule has 3 heteroatoms. The number of benzene rings is 1. The highest BCUT2D eigenvalue weighted by molar-refractivity contribution is 6.30. The summed E-state index contributed by atoms with van der Waals surface area (Å²) in [6.07, 6.45) is 2.40. The summed E-state index contributed by atoms with van der Waals surface area (Å²) in [7, 11) is 0. The van der Waals surface area contributed by atoms with Gasteiger partial charge in [-0.2, -0.15) is 0 Å². The van der Waals surface area contributed by atoms with Crippen LogP contribution < -0.4 is 5.32 Å². The molecule has 0 aliphatic carbocycles. The Morgan fingerprint density at radius 1 is 1.38 bits per heavy atom. The van der Waals surface area contributed by atoms with Crippen molar-refractivity contribution in [3.8, 4) is 5.75 Å². The summed E-state index contributed by atoms with van der Waals surface area (Å²) in [6.45, 7) is 6.10. The van der Waals surface area contributed by atoms with Gasteiger partial charge in [0.25, 0.3) is 0 Å². The molecule has 0 heterocycles. The Morgan fingerprint density at radius 2 is 2.12 bits per heavy atom. The van der Waals surface area contributed by atoms with Crippen molar-refractivity contribution in [2.45, 2.75) is 33.2 Å². The maximum atomic E-state index is 9.58. The third-order valence-corrected chi connectivity index (χ3v) is 2.73. The second kappa shape index (κ2) is 6.77. The van der Waals surface area contributed by atoms with E-state index >= 15 is 0 Å². The molecule has 1 aromatic rings. The van der Waals surface area contributed by atoms with Gasteiger partial charge in [0.05, 0.1) is 0 Å². The Labute approximate surface area is 103 Å². The van der Waals surface area contributed by atoms with Crippen LogP contribution in [0.4, 0.5) is 0 Å². The van der Waals surface area contributed by atoms with Crippen molar-refractivity contribution in [1.82, 2.24) is 5.32 Å². The van der Waals surface area contributed by atoms with Crippen LogP contribution in [0.25, 0.3) is 0 Å². The van der Waals surface area contributed by atoms with Gasteiger partial charge in [-0.25, -0.2) is 0 Å². The maximum absolute atomic E-state index is 9.58. The first-order chi connectivity index (χ1) is 7.59. The summed E-state index contributed by atoms with van der Waals surface area (Å²) in [6, 6.07) is 5.12. The zero-order valence-electron chi connectivity index (χ0n) is 9.96. The molecule has 0 aromatic heterocycles. The Bertz CT molecular complexity index is 326. The van der Waals surface area contributed by atoms with E-state index in [4.69, 9.17) is 11.6 Å². The van der Waals surface area contributed by atoms with E-state index in [1.165, 1.54) is 12.8 Å². The SMILES string of the molecule is CC(C)CCCNCc1cc(Cl)ccc1O. The van der Waals surface area contributed by atoms with Crippen molar-refractivity contribution in [3.63, 3.8) is 0 Å². The number of phenolic OH excluding ortho intramolecular Hbond substituents is 1. The van der Waals surface area contributed by atoms with Crippen LogP contribution in [-0.2, 0) is 6.54 Å². The van der Waals surface area contributed by atoms with Crippen molar-refractivity contribution in [3.05, 3.63) is 28.8 Å². The van der Waals surface area contributed by atoms with Crippen LogP contribution in [0.1, 0.15) is 32.3 Å². The second-order valence-electron chi connectivity index (χ2n) is 4.49. The molecule has 1 aromatic carbocycles. The molecule has 0 saturated heterocycles. The summed E-state index contributed by atoms with van der Waals surface area (Å²) in [4.78, 5) is 0. The third kappa shape index (κ3) is 4.86. The maximum Gasteiger partial charge on any atom is 0.120 e. The van der Waals surface area contributed by atoms with Crippen LogP contribution in [0, 0.1) is 5.92 Å². The van der Waals surface area contributed by atoms with Gasteiger partial charge in [0, 0.05) is 17.1 Å². The Balaban J connectivity index is 2.29. The van der Waals surface area contributed by atoms with Crippen molar-refractivity contribution in [2.75, 3.05) is 6.54 Å². The molecule has 0 amide bonds. The van der Waals surface area contributed by atoms with Crippen LogP contribution >= 0.6 is 11.6 Å². The van der Waals surface area contributed by atoms with E-state index in [-0.39, 0.29) is 0 Å². The lowest BCUT2D eigenvalue weighted by Gasteiger charge is -2.08. The van der Waals surface area contributed by atoms with Gasteiger partial charge in [-0.15, -0.1) is 0 Å². The molecule has 0 saturated carbocycles. The summed E-state index contributed by atoms with van der Waals surface area (Å²) in [5, 5.41) is 13.6. The standard InChI is InChI=1S/C13H20ClNO/c1-10(2)4-3-7-15-9-11-8-12(14)5-6-13(11)16/h5-6,8,10,15-16H,3-4,7,9H2,1-2H3. The molecule has 90 valence electrons. The zero-order valence-corrected chi connectivity index (χ0v) is 10.7. The van der Waals surface area contributed by atoms with E-state index in [2.05, 4.69) is 19.2 Å². The quantitative estimate of drug-likeness (QED) is 0.747. The zero-order chi connectivity index (χ0) is 12.0. The Hall–Kier alpha value is -0.730. The predicted octanol–water partition coefficient (Wildman–Crippen LogP) is 3.57. The van der Waals surface area contributed by atoms with E-state index in [0.717, 1.165) is 18.0 Å². The fourth-order valence-corrected chi connectivity index (χ4v) is 1.75. The predicted molar refractivity (Wildman–Crippen MR) is 68.9 cm³/mol. The molecular formula is C13H20ClNO. The van der Waals surface area contributed by atoms with Crippen LogP contribution in [-0.4, -0.2) is 11.7 Å². The number of phenols is 1.